The van der Waals surface area contributed by atoms with Crippen LogP contribution in [0.3, 0.4) is 0 Å². The Labute approximate surface area is 123 Å². The maximum Gasteiger partial charge on any atom is 0.216 e. The second-order valence-electron chi connectivity index (χ2n) is 4.58. The van der Waals surface area contributed by atoms with Crippen LogP contribution in [-0.2, 0) is 22.3 Å². The molecule has 0 bridgehead atoms. The quantitative estimate of drug-likeness (QED) is 0.889. The van der Waals surface area contributed by atoms with Crippen LogP contribution in [0.1, 0.15) is 22.5 Å². The molecular weight excluding hydrogens is 298 g/mol. The third-order valence-electron chi connectivity index (χ3n) is 3.05. The molecule has 1 aromatic heterocycles. The number of hydrogen-bond donors (Lipinski definition) is 2. The van der Waals surface area contributed by atoms with E-state index in [4.69, 9.17) is 11.6 Å². The molecule has 0 spiro atoms. The van der Waals surface area contributed by atoms with Crippen molar-refractivity contribution < 1.29 is 8.42 Å². The summed E-state index contributed by atoms with van der Waals surface area (Å²) in [4.78, 5) is 0. The number of aryl methyl sites for hydroxylation is 2. The molecule has 7 heteroatoms. The first-order chi connectivity index (χ1) is 9.39. The van der Waals surface area contributed by atoms with E-state index in [2.05, 4.69) is 14.9 Å². The third kappa shape index (κ3) is 3.59. The Hall–Kier alpha value is -1.37. The molecule has 2 aromatic rings. The fourth-order valence-electron chi connectivity index (χ4n) is 1.89. The van der Waals surface area contributed by atoms with Crippen LogP contribution in [-0.4, -0.2) is 18.6 Å². The Morgan fingerprint density at radius 2 is 2.00 bits per heavy atom. The Kier molecular flexibility index (Phi) is 4.47. The van der Waals surface area contributed by atoms with E-state index in [-0.39, 0.29) is 12.3 Å². The maximum atomic E-state index is 12.1. The predicted molar refractivity (Wildman–Crippen MR) is 79.0 cm³/mol. The minimum absolute atomic E-state index is 0.136. The first kappa shape index (κ1) is 15.0. The summed E-state index contributed by atoms with van der Waals surface area (Å²) in [6, 6.07) is 6.91. The van der Waals surface area contributed by atoms with Crippen molar-refractivity contribution in [2.24, 2.45) is 0 Å². The van der Waals surface area contributed by atoms with Crippen LogP contribution in [0.5, 0.6) is 0 Å². The molecule has 20 heavy (non-hydrogen) atoms. The smallest absolute Gasteiger partial charge is 0.216 e. The molecule has 0 fully saturated rings. The highest BCUT2D eigenvalue weighted by Crippen LogP contribution is 2.17. The molecule has 1 aromatic carbocycles. The zero-order chi connectivity index (χ0) is 14.8. The van der Waals surface area contributed by atoms with Crippen molar-refractivity contribution in [2.45, 2.75) is 26.1 Å². The van der Waals surface area contributed by atoms with Gasteiger partial charge in [0.1, 0.15) is 0 Å². The monoisotopic (exact) mass is 313 g/mol. The average molecular weight is 314 g/mol. The molecule has 0 aliphatic carbocycles. The van der Waals surface area contributed by atoms with Crippen molar-refractivity contribution in [3.8, 4) is 0 Å². The largest absolute Gasteiger partial charge is 0.282 e. The maximum absolute atomic E-state index is 12.1. The molecule has 2 N–H and O–H groups in total. The molecule has 0 radical (unpaired) electrons. The zero-order valence-corrected chi connectivity index (χ0v) is 12.8. The second-order valence-corrected chi connectivity index (χ2v) is 6.80. The minimum atomic E-state index is -3.44. The van der Waals surface area contributed by atoms with Gasteiger partial charge in [-0.1, -0.05) is 29.8 Å². The molecule has 0 saturated carbocycles. The Bertz CT molecular complexity index is 691. The van der Waals surface area contributed by atoms with E-state index in [1.165, 1.54) is 0 Å². The number of aromatic amines is 1. The Morgan fingerprint density at radius 3 is 2.60 bits per heavy atom. The van der Waals surface area contributed by atoms with Gasteiger partial charge < -0.3 is 0 Å². The molecule has 0 amide bonds. The SMILES string of the molecule is Cc1n[nH]c(C)c1CNS(=O)(=O)Cc1ccccc1Cl. The highest BCUT2D eigenvalue weighted by molar-refractivity contribution is 7.88. The predicted octanol–water partition coefficient (Wildman–Crippen LogP) is 2.30. The number of sulfonamides is 1. The summed E-state index contributed by atoms with van der Waals surface area (Å²) in [6.45, 7) is 3.92. The third-order valence-corrected chi connectivity index (χ3v) is 4.70. The van der Waals surface area contributed by atoms with Gasteiger partial charge in [-0.2, -0.15) is 5.10 Å². The molecule has 0 unspecified atom stereocenters. The van der Waals surface area contributed by atoms with E-state index in [0.29, 0.717) is 10.6 Å². The number of rotatable bonds is 5. The Balaban J connectivity index is 2.07. The average Bonchev–Trinajstić information content (AvgIpc) is 2.69. The van der Waals surface area contributed by atoms with Crippen molar-refractivity contribution in [1.82, 2.24) is 14.9 Å². The van der Waals surface area contributed by atoms with Gasteiger partial charge in [-0.3, -0.25) is 5.10 Å². The summed E-state index contributed by atoms with van der Waals surface area (Å²) >= 11 is 5.97. The molecule has 2 rings (SSSR count). The van der Waals surface area contributed by atoms with E-state index in [1.807, 2.05) is 13.8 Å². The normalized spacial score (nSPS) is 11.8. The number of H-pyrrole nitrogens is 1. The van der Waals surface area contributed by atoms with Crippen LogP contribution in [0.25, 0.3) is 0 Å². The van der Waals surface area contributed by atoms with Crippen LogP contribution in [0.15, 0.2) is 24.3 Å². The lowest BCUT2D eigenvalue weighted by Gasteiger charge is -2.08. The van der Waals surface area contributed by atoms with Gasteiger partial charge in [0.2, 0.25) is 10.0 Å². The highest BCUT2D eigenvalue weighted by atomic mass is 35.5. The number of nitrogens with zero attached hydrogens (tertiary/aromatic N) is 1. The lowest BCUT2D eigenvalue weighted by atomic mass is 10.2. The van der Waals surface area contributed by atoms with E-state index >= 15 is 0 Å². The van der Waals surface area contributed by atoms with Crippen LogP contribution in [0.2, 0.25) is 5.02 Å². The second kappa shape index (κ2) is 5.95. The van der Waals surface area contributed by atoms with Crippen LogP contribution >= 0.6 is 11.6 Å². The van der Waals surface area contributed by atoms with Crippen molar-refractivity contribution in [2.75, 3.05) is 0 Å². The summed E-state index contributed by atoms with van der Waals surface area (Å²) in [5, 5.41) is 7.31. The highest BCUT2D eigenvalue weighted by Gasteiger charge is 2.15. The molecule has 0 saturated heterocycles. The fourth-order valence-corrected chi connectivity index (χ4v) is 3.30. The van der Waals surface area contributed by atoms with Gasteiger partial charge >= 0.3 is 0 Å². The van der Waals surface area contributed by atoms with Gasteiger partial charge in [-0.25, -0.2) is 13.1 Å². The van der Waals surface area contributed by atoms with Crippen molar-refractivity contribution in [3.05, 3.63) is 51.8 Å². The van der Waals surface area contributed by atoms with Crippen LogP contribution < -0.4 is 4.72 Å². The standard InChI is InChI=1S/C13H16ClN3O2S/c1-9-12(10(2)17-16-9)7-15-20(18,19)8-11-5-3-4-6-13(11)14/h3-6,15H,7-8H2,1-2H3,(H,16,17). The first-order valence-electron chi connectivity index (χ1n) is 6.10. The van der Waals surface area contributed by atoms with Crippen molar-refractivity contribution in [3.63, 3.8) is 0 Å². The Morgan fingerprint density at radius 1 is 1.30 bits per heavy atom. The summed E-state index contributed by atoms with van der Waals surface area (Å²) in [7, 11) is -3.44. The molecule has 0 aliphatic rings. The minimum Gasteiger partial charge on any atom is -0.282 e. The summed E-state index contributed by atoms with van der Waals surface area (Å²) in [6.07, 6.45) is 0. The van der Waals surface area contributed by atoms with Gasteiger partial charge in [-0.15, -0.1) is 0 Å². The lowest BCUT2D eigenvalue weighted by Crippen LogP contribution is -2.25. The van der Waals surface area contributed by atoms with Crippen molar-refractivity contribution in [1.29, 1.82) is 0 Å². The van der Waals surface area contributed by atoms with Crippen molar-refractivity contribution >= 4 is 21.6 Å². The number of nitrogens with one attached hydrogen (secondary N) is 2. The van der Waals surface area contributed by atoms with E-state index < -0.39 is 10.0 Å². The molecule has 5 nitrogen and oxygen atoms in total. The van der Waals surface area contributed by atoms with Gasteiger partial charge in [0.15, 0.2) is 0 Å². The van der Waals surface area contributed by atoms with E-state index in [9.17, 15) is 8.42 Å². The first-order valence-corrected chi connectivity index (χ1v) is 8.13. The van der Waals surface area contributed by atoms with E-state index in [0.717, 1.165) is 17.0 Å². The summed E-state index contributed by atoms with van der Waals surface area (Å²) in [5.41, 5.74) is 3.11. The number of halogens is 1. The fraction of sp³-hybridized carbons (Fsp3) is 0.308. The molecule has 0 atom stereocenters. The molecular formula is C13H16ClN3O2S. The number of hydrogen-bond acceptors (Lipinski definition) is 3. The van der Waals surface area contributed by atoms with E-state index in [1.54, 1.807) is 24.3 Å². The lowest BCUT2D eigenvalue weighted by molar-refractivity contribution is 0.580. The topological polar surface area (TPSA) is 74.8 Å². The molecule has 1 heterocycles. The molecule has 108 valence electrons. The number of benzene rings is 1. The summed E-state index contributed by atoms with van der Waals surface area (Å²) < 4.78 is 26.7. The zero-order valence-electron chi connectivity index (χ0n) is 11.3. The van der Waals surface area contributed by atoms with Gasteiger partial charge in [-0.05, 0) is 25.5 Å². The van der Waals surface area contributed by atoms with Crippen LogP contribution in [0, 0.1) is 13.8 Å². The molecule has 0 aliphatic heterocycles. The van der Waals surface area contributed by atoms with Crippen LogP contribution in [0.4, 0.5) is 0 Å². The van der Waals surface area contributed by atoms with Gasteiger partial charge in [0.25, 0.3) is 0 Å². The van der Waals surface area contributed by atoms with Gasteiger partial charge in [0, 0.05) is 22.8 Å². The summed E-state index contributed by atoms with van der Waals surface area (Å²) in [5.74, 6) is -0.136. The van der Waals surface area contributed by atoms with Gasteiger partial charge in [0.05, 0.1) is 11.4 Å². The number of aromatic nitrogens is 2.